The monoisotopic (exact) mass is 454 g/mol. The molecule has 6 nitrogen and oxygen atoms in total. The van der Waals surface area contributed by atoms with Gasteiger partial charge in [0, 0.05) is 23.6 Å². The summed E-state index contributed by atoms with van der Waals surface area (Å²) in [6, 6.07) is 13.5. The molecule has 29 heavy (non-hydrogen) atoms. The summed E-state index contributed by atoms with van der Waals surface area (Å²) in [4.78, 5) is 25.4. The van der Waals surface area contributed by atoms with E-state index in [4.69, 9.17) is 0 Å². The highest BCUT2D eigenvalue weighted by atomic mass is 79.9. The van der Waals surface area contributed by atoms with E-state index >= 15 is 0 Å². The summed E-state index contributed by atoms with van der Waals surface area (Å²) in [5.41, 5.74) is 2.66. The van der Waals surface area contributed by atoms with Gasteiger partial charge in [-0.25, -0.2) is 4.39 Å². The Morgan fingerprint density at radius 3 is 2.59 bits per heavy atom. The largest absolute Gasteiger partial charge is 0.342 e. The molecule has 2 aromatic carbocycles. The number of anilines is 1. The summed E-state index contributed by atoms with van der Waals surface area (Å²) in [5.74, 6) is -1.40. The topological polar surface area (TPSA) is 79.8 Å². The smallest absolute Gasteiger partial charge is 0.298 e. The quantitative estimate of drug-likeness (QED) is 0.345. The first-order chi connectivity index (χ1) is 13.9. The van der Waals surface area contributed by atoms with Crippen LogP contribution in [-0.2, 0) is 11.3 Å². The second-order valence-electron chi connectivity index (χ2n) is 6.60. The minimum atomic E-state index is -0.765. The lowest BCUT2D eigenvalue weighted by molar-refractivity contribution is -0.112. The lowest BCUT2D eigenvalue weighted by Gasteiger charge is -2.05. The molecular formula is C21H16BrFN4O2. The first-order valence-corrected chi connectivity index (χ1v) is 9.62. The van der Waals surface area contributed by atoms with Crippen LogP contribution in [0.1, 0.15) is 21.6 Å². The van der Waals surface area contributed by atoms with E-state index < -0.39 is 11.7 Å². The Balaban J connectivity index is 1.66. The molecule has 146 valence electrons. The molecule has 0 spiro atoms. The molecule has 0 aliphatic heterocycles. The molecule has 0 bridgehead atoms. The normalized spacial score (nSPS) is 11.0. The second-order valence-corrected chi connectivity index (χ2v) is 7.39. The number of aromatic nitrogens is 3. The van der Waals surface area contributed by atoms with Gasteiger partial charge in [-0.2, -0.15) is 5.10 Å². The van der Waals surface area contributed by atoms with E-state index in [0.717, 1.165) is 11.1 Å². The van der Waals surface area contributed by atoms with Crippen molar-refractivity contribution in [3.63, 3.8) is 0 Å². The zero-order valence-corrected chi connectivity index (χ0v) is 17.0. The number of rotatable bonds is 5. The Morgan fingerprint density at radius 1 is 1.17 bits per heavy atom. The number of aromatic amines is 1. The molecule has 1 amide bonds. The van der Waals surface area contributed by atoms with E-state index in [1.165, 1.54) is 12.1 Å². The van der Waals surface area contributed by atoms with E-state index in [1.807, 2.05) is 22.8 Å². The number of hydrogen-bond acceptors (Lipinski definition) is 3. The van der Waals surface area contributed by atoms with Crippen molar-refractivity contribution >= 4 is 44.3 Å². The van der Waals surface area contributed by atoms with Crippen molar-refractivity contribution in [3.05, 3.63) is 81.8 Å². The molecule has 4 rings (SSSR count). The molecule has 8 heteroatoms. The Morgan fingerprint density at radius 2 is 1.90 bits per heavy atom. The molecule has 0 aliphatic carbocycles. The van der Waals surface area contributed by atoms with Crippen molar-refractivity contribution in [2.75, 3.05) is 5.32 Å². The molecule has 0 radical (unpaired) electrons. The molecule has 2 aromatic heterocycles. The van der Waals surface area contributed by atoms with Crippen LogP contribution < -0.4 is 5.32 Å². The maximum Gasteiger partial charge on any atom is 0.298 e. The molecule has 4 aromatic rings. The number of nitrogens with one attached hydrogen (secondary N) is 2. The van der Waals surface area contributed by atoms with Crippen molar-refractivity contribution in [3.8, 4) is 0 Å². The van der Waals surface area contributed by atoms with Gasteiger partial charge in [-0.05, 0) is 46.6 Å². The molecule has 0 saturated carbocycles. The molecule has 0 atom stereocenters. The molecular weight excluding hydrogens is 439 g/mol. The number of ketones is 1. The summed E-state index contributed by atoms with van der Waals surface area (Å²) in [5, 5.41) is 9.88. The van der Waals surface area contributed by atoms with E-state index in [-0.39, 0.29) is 5.82 Å². The Kier molecular flexibility index (Phi) is 5.02. The van der Waals surface area contributed by atoms with Crippen LogP contribution in [0, 0.1) is 12.7 Å². The zero-order chi connectivity index (χ0) is 20.5. The van der Waals surface area contributed by atoms with E-state index in [1.54, 1.807) is 31.3 Å². The number of carbonyl (C=O) groups is 2. The summed E-state index contributed by atoms with van der Waals surface area (Å²) >= 11 is 3.32. The van der Waals surface area contributed by atoms with Crippen LogP contribution >= 0.6 is 15.9 Å². The lowest BCUT2D eigenvalue weighted by atomic mass is 10.1. The lowest BCUT2D eigenvalue weighted by Crippen LogP contribution is -2.23. The van der Waals surface area contributed by atoms with Gasteiger partial charge in [-0.15, -0.1) is 0 Å². The SMILES string of the molecule is Cc1n[nH]c(NC(=O)C(=O)c2cn(Cc3ccc(F)cc3)c3ccccc23)c1Br. The number of amides is 1. The van der Waals surface area contributed by atoms with Gasteiger partial charge in [0.15, 0.2) is 0 Å². The van der Waals surface area contributed by atoms with Crippen molar-refractivity contribution in [2.45, 2.75) is 13.5 Å². The molecule has 0 saturated heterocycles. The number of para-hydroxylation sites is 1. The van der Waals surface area contributed by atoms with Crippen LogP contribution in [0.2, 0.25) is 0 Å². The second kappa shape index (κ2) is 7.63. The number of nitrogens with zero attached hydrogens (tertiary/aromatic N) is 2. The molecule has 2 heterocycles. The highest BCUT2D eigenvalue weighted by Crippen LogP contribution is 2.25. The third-order valence-corrected chi connectivity index (χ3v) is 5.59. The third kappa shape index (κ3) is 3.71. The van der Waals surface area contributed by atoms with E-state index in [0.29, 0.717) is 33.5 Å². The Hall–Kier alpha value is -3.26. The third-order valence-electron chi connectivity index (χ3n) is 4.62. The average Bonchev–Trinajstić information content (AvgIpc) is 3.24. The first kappa shape index (κ1) is 19.1. The van der Waals surface area contributed by atoms with Crippen LogP contribution in [0.3, 0.4) is 0 Å². The van der Waals surface area contributed by atoms with Gasteiger partial charge in [0.25, 0.3) is 11.7 Å². The Bertz CT molecular complexity index is 1230. The van der Waals surface area contributed by atoms with Crippen molar-refractivity contribution < 1.29 is 14.0 Å². The van der Waals surface area contributed by atoms with E-state index in [2.05, 4.69) is 31.4 Å². The minimum Gasteiger partial charge on any atom is -0.342 e. The predicted molar refractivity (Wildman–Crippen MR) is 111 cm³/mol. The highest BCUT2D eigenvalue weighted by Gasteiger charge is 2.23. The number of H-pyrrole nitrogens is 1. The fourth-order valence-electron chi connectivity index (χ4n) is 3.14. The number of halogens is 2. The first-order valence-electron chi connectivity index (χ1n) is 8.82. The van der Waals surface area contributed by atoms with Gasteiger partial charge in [-0.1, -0.05) is 30.3 Å². The van der Waals surface area contributed by atoms with Crippen LogP contribution in [0.25, 0.3) is 10.9 Å². The van der Waals surface area contributed by atoms with Gasteiger partial charge in [0.2, 0.25) is 0 Å². The Labute approximate surface area is 173 Å². The zero-order valence-electron chi connectivity index (χ0n) is 15.4. The number of benzene rings is 2. The number of aryl methyl sites for hydroxylation is 1. The maximum absolute atomic E-state index is 13.2. The fraction of sp³-hybridized carbons (Fsp3) is 0.0952. The summed E-state index contributed by atoms with van der Waals surface area (Å²) in [6.45, 7) is 2.21. The van der Waals surface area contributed by atoms with Gasteiger partial charge in [0.05, 0.1) is 15.7 Å². The molecule has 0 fully saturated rings. The summed E-state index contributed by atoms with van der Waals surface area (Å²) in [7, 11) is 0. The van der Waals surface area contributed by atoms with Gasteiger partial charge < -0.3 is 9.88 Å². The van der Waals surface area contributed by atoms with Gasteiger partial charge in [0.1, 0.15) is 11.6 Å². The number of carbonyl (C=O) groups excluding carboxylic acids is 2. The van der Waals surface area contributed by atoms with Crippen molar-refractivity contribution in [2.24, 2.45) is 0 Å². The van der Waals surface area contributed by atoms with Crippen molar-refractivity contribution in [1.29, 1.82) is 0 Å². The van der Waals surface area contributed by atoms with Crippen LogP contribution in [-0.4, -0.2) is 26.5 Å². The number of Topliss-reactive ketones (excluding diaryl/α,β-unsaturated/α-hetero) is 1. The van der Waals surface area contributed by atoms with Crippen LogP contribution in [0.15, 0.2) is 59.2 Å². The maximum atomic E-state index is 13.2. The minimum absolute atomic E-state index is 0.299. The summed E-state index contributed by atoms with van der Waals surface area (Å²) < 4.78 is 15.6. The summed E-state index contributed by atoms with van der Waals surface area (Å²) in [6.07, 6.45) is 1.66. The van der Waals surface area contributed by atoms with Gasteiger partial charge in [-0.3, -0.25) is 14.7 Å². The van der Waals surface area contributed by atoms with E-state index in [9.17, 15) is 14.0 Å². The van der Waals surface area contributed by atoms with Gasteiger partial charge >= 0.3 is 0 Å². The number of fused-ring (bicyclic) bond motifs is 1. The standard InChI is InChI=1S/C21H16BrFN4O2/c1-12-18(22)20(26-25-12)24-21(29)19(28)16-11-27(17-5-3-2-4-15(16)17)10-13-6-8-14(23)9-7-13/h2-9,11H,10H2,1H3,(H2,24,25,26,29). The molecule has 0 aliphatic rings. The fourth-order valence-corrected chi connectivity index (χ4v) is 3.42. The molecule has 2 N–H and O–H groups in total. The predicted octanol–water partition coefficient (Wildman–Crippen LogP) is 4.44. The number of hydrogen-bond donors (Lipinski definition) is 2. The highest BCUT2D eigenvalue weighted by molar-refractivity contribution is 9.10. The van der Waals surface area contributed by atoms with Crippen LogP contribution in [0.5, 0.6) is 0 Å². The molecule has 0 unspecified atom stereocenters. The van der Waals surface area contributed by atoms with Crippen LogP contribution in [0.4, 0.5) is 10.2 Å². The van der Waals surface area contributed by atoms with Crippen molar-refractivity contribution in [1.82, 2.24) is 14.8 Å². The average molecular weight is 455 g/mol.